The number of benzene rings is 1. The number of rotatable bonds is 4. The Morgan fingerprint density at radius 1 is 1.45 bits per heavy atom. The van der Waals surface area contributed by atoms with Gasteiger partial charge in [0.05, 0.1) is 10.7 Å². The molecule has 0 aliphatic carbocycles. The molecule has 0 bridgehead atoms. The normalized spacial score (nSPS) is 15.5. The van der Waals surface area contributed by atoms with E-state index >= 15 is 0 Å². The van der Waals surface area contributed by atoms with Crippen LogP contribution < -0.4 is 10.6 Å². The molecule has 1 aromatic heterocycles. The molecule has 0 saturated carbocycles. The second-order valence-corrected chi connectivity index (χ2v) is 6.59. The van der Waals surface area contributed by atoms with Gasteiger partial charge in [0.2, 0.25) is 5.91 Å². The second kappa shape index (κ2) is 7.22. The fourth-order valence-corrected chi connectivity index (χ4v) is 3.01. The number of carbonyl (C=O) groups excluding carboxylic acids is 1. The zero-order valence-electron chi connectivity index (χ0n) is 12.6. The average molecular weight is 338 g/mol. The van der Waals surface area contributed by atoms with Crippen LogP contribution in [-0.2, 0) is 4.79 Å². The summed E-state index contributed by atoms with van der Waals surface area (Å²) < 4.78 is 0. The highest BCUT2D eigenvalue weighted by Crippen LogP contribution is 2.25. The Balaban J connectivity index is 0.00000176. The number of thiazole rings is 1. The zero-order valence-corrected chi connectivity index (χ0v) is 14.3. The van der Waals surface area contributed by atoms with Crippen molar-refractivity contribution in [2.24, 2.45) is 11.8 Å². The van der Waals surface area contributed by atoms with Crippen molar-refractivity contribution in [3.05, 3.63) is 34.7 Å². The highest BCUT2D eigenvalue weighted by Gasteiger charge is 2.28. The fraction of sp³-hybridized carbons (Fsp3) is 0.375. The van der Waals surface area contributed by atoms with E-state index in [1.807, 2.05) is 43.5 Å². The van der Waals surface area contributed by atoms with Crippen molar-refractivity contribution in [2.75, 3.05) is 18.4 Å². The predicted octanol–water partition coefficient (Wildman–Crippen LogP) is 3.33. The molecule has 1 fully saturated rings. The van der Waals surface area contributed by atoms with E-state index in [1.165, 1.54) is 0 Å². The summed E-state index contributed by atoms with van der Waals surface area (Å²) in [7, 11) is 0. The number of aromatic nitrogens is 1. The molecular weight excluding hydrogens is 318 g/mol. The van der Waals surface area contributed by atoms with Gasteiger partial charge in [-0.05, 0) is 38.1 Å². The van der Waals surface area contributed by atoms with Gasteiger partial charge in [0.25, 0.3) is 0 Å². The van der Waals surface area contributed by atoms with E-state index in [-0.39, 0.29) is 24.2 Å². The van der Waals surface area contributed by atoms with Gasteiger partial charge in [0.15, 0.2) is 0 Å². The molecule has 4 nitrogen and oxygen atoms in total. The van der Waals surface area contributed by atoms with Crippen LogP contribution >= 0.6 is 23.7 Å². The maximum absolute atomic E-state index is 12.2. The summed E-state index contributed by atoms with van der Waals surface area (Å²) in [6, 6.07) is 7.88. The molecular formula is C16H20ClN3OS. The first kappa shape index (κ1) is 16.9. The molecule has 2 N–H and O–H groups in total. The molecule has 2 aromatic rings. The van der Waals surface area contributed by atoms with E-state index in [4.69, 9.17) is 0 Å². The molecule has 6 heteroatoms. The second-order valence-electron chi connectivity index (χ2n) is 5.53. The Labute approximate surface area is 140 Å². The Morgan fingerprint density at radius 3 is 2.82 bits per heavy atom. The Kier molecular flexibility index (Phi) is 5.56. The van der Waals surface area contributed by atoms with Crippen molar-refractivity contribution >= 4 is 35.3 Å². The third-order valence-corrected chi connectivity index (χ3v) is 4.75. The predicted molar refractivity (Wildman–Crippen MR) is 93.7 cm³/mol. The topological polar surface area (TPSA) is 54.0 Å². The molecule has 0 radical (unpaired) electrons. The van der Waals surface area contributed by atoms with Gasteiger partial charge < -0.3 is 10.6 Å². The molecule has 2 heterocycles. The lowest BCUT2D eigenvalue weighted by Crippen LogP contribution is -2.48. The maximum atomic E-state index is 12.2. The number of nitrogens with one attached hydrogen (secondary N) is 2. The number of aryl methyl sites for hydroxylation is 1. The largest absolute Gasteiger partial charge is 0.326 e. The van der Waals surface area contributed by atoms with E-state index in [0.29, 0.717) is 5.92 Å². The Hall–Kier alpha value is -1.43. The van der Waals surface area contributed by atoms with Crippen LogP contribution in [0.1, 0.15) is 11.9 Å². The van der Waals surface area contributed by atoms with Crippen LogP contribution in [0.4, 0.5) is 5.69 Å². The minimum atomic E-state index is 0. The molecule has 0 spiro atoms. The summed E-state index contributed by atoms with van der Waals surface area (Å²) in [5.74, 6) is 0.582. The first-order chi connectivity index (χ1) is 10.1. The highest BCUT2D eigenvalue weighted by molar-refractivity contribution is 7.09. The Bertz CT molecular complexity index is 654. The smallest absolute Gasteiger partial charge is 0.227 e. The monoisotopic (exact) mass is 337 g/mol. The van der Waals surface area contributed by atoms with Crippen molar-refractivity contribution in [1.82, 2.24) is 10.3 Å². The zero-order chi connectivity index (χ0) is 14.8. The Morgan fingerprint density at radius 2 is 2.23 bits per heavy atom. The van der Waals surface area contributed by atoms with Gasteiger partial charge >= 0.3 is 0 Å². The van der Waals surface area contributed by atoms with Crippen molar-refractivity contribution in [3.63, 3.8) is 0 Å². The van der Waals surface area contributed by atoms with E-state index < -0.39 is 0 Å². The van der Waals surface area contributed by atoms with Gasteiger partial charge in [-0.3, -0.25) is 4.79 Å². The van der Waals surface area contributed by atoms with Gasteiger partial charge in [0, 0.05) is 22.5 Å². The molecule has 1 atom stereocenters. The number of anilines is 1. The third-order valence-electron chi connectivity index (χ3n) is 3.98. The van der Waals surface area contributed by atoms with Crippen LogP contribution in [0, 0.1) is 18.8 Å². The van der Waals surface area contributed by atoms with Crippen LogP contribution in [-0.4, -0.2) is 24.0 Å². The van der Waals surface area contributed by atoms with Gasteiger partial charge in [-0.15, -0.1) is 23.7 Å². The minimum Gasteiger partial charge on any atom is -0.326 e. The van der Waals surface area contributed by atoms with Crippen LogP contribution in [0.2, 0.25) is 0 Å². The maximum Gasteiger partial charge on any atom is 0.227 e. The lowest BCUT2D eigenvalue weighted by Gasteiger charge is -2.31. The van der Waals surface area contributed by atoms with Crippen molar-refractivity contribution in [2.45, 2.75) is 13.8 Å². The number of carbonyl (C=O) groups is 1. The molecule has 22 heavy (non-hydrogen) atoms. The highest BCUT2D eigenvalue weighted by atomic mass is 35.5. The molecule has 1 saturated heterocycles. The lowest BCUT2D eigenvalue weighted by atomic mass is 9.88. The third kappa shape index (κ3) is 3.66. The molecule has 1 aliphatic heterocycles. The van der Waals surface area contributed by atoms with Crippen LogP contribution in [0.3, 0.4) is 0 Å². The minimum absolute atomic E-state index is 0. The molecule has 1 aliphatic rings. The quantitative estimate of drug-likeness (QED) is 0.899. The SMILES string of the molecule is Cc1nc(-c2cccc(NC(=O)C(C)C3CNC3)c2)cs1.Cl. The van der Waals surface area contributed by atoms with Crippen LogP contribution in [0.15, 0.2) is 29.6 Å². The summed E-state index contributed by atoms with van der Waals surface area (Å²) in [5.41, 5.74) is 2.84. The molecule has 1 unspecified atom stereocenters. The molecule has 1 aromatic carbocycles. The van der Waals surface area contributed by atoms with Crippen LogP contribution in [0.5, 0.6) is 0 Å². The van der Waals surface area contributed by atoms with E-state index in [0.717, 1.165) is 35.0 Å². The summed E-state index contributed by atoms with van der Waals surface area (Å²) in [6.45, 7) is 5.86. The van der Waals surface area contributed by atoms with Crippen molar-refractivity contribution in [3.8, 4) is 11.3 Å². The number of amides is 1. The lowest BCUT2D eigenvalue weighted by molar-refractivity contribution is -0.121. The van der Waals surface area contributed by atoms with E-state index in [2.05, 4.69) is 15.6 Å². The summed E-state index contributed by atoms with van der Waals surface area (Å²) in [6.07, 6.45) is 0. The molecule has 118 valence electrons. The van der Waals surface area contributed by atoms with E-state index in [1.54, 1.807) is 11.3 Å². The van der Waals surface area contributed by atoms with E-state index in [9.17, 15) is 4.79 Å². The van der Waals surface area contributed by atoms with Gasteiger partial charge in [-0.1, -0.05) is 19.1 Å². The fourth-order valence-electron chi connectivity index (χ4n) is 2.39. The van der Waals surface area contributed by atoms with Gasteiger partial charge in [-0.2, -0.15) is 0 Å². The van der Waals surface area contributed by atoms with Gasteiger partial charge in [-0.25, -0.2) is 4.98 Å². The summed E-state index contributed by atoms with van der Waals surface area (Å²) in [4.78, 5) is 16.7. The first-order valence-corrected chi connectivity index (χ1v) is 8.05. The van der Waals surface area contributed by atoms with Crippen LogP contribution in [0.25, 0.3) is 11.3 Å². The number of nitrogens with zero attached hydrogens (tertiary/aromatic N) is 1. The van der Waals surface area contributed by atoms with Gasteiger partial charge in [0.1, 0.15) is 0 Å². The first-order valence-electron chi connectivity index (χ1n) is 7.17. The average Bonchev–Trinajstić information content (AvgIpc) is 2.84. The molecule has 1 amide bonds. The number of halogens is 1. The molecule has 3 rings (SSSR count). The summed E-state index contributed by atoms with van der Waals surface area (Å²) in [5, 5.41) is 9.31. The summed E-state index contributed by atoms with van der Waals surface area (Å²) >= 11 is 1.63. The standard InChI is InChI=1S/C16H19N3OS.ClH/c1-10(13-7-17-8-13)16(20)19-14-5-3-4-12(6-14)15-9-21-11(2)18-15;/h3-6,9-10,13,17H,7-8H2,1-2H3,(H,19,20);1H. The van der Waals surface area contributed by atoms with Crippen molar-refractivity contribution < 1.29 is 4.79 Å². The number of hydrogen-bond donors (Lipinski definition) is 2. The number of hydrogen-bond acceptors (Lipinski definition) is 4. The van der Waals surface area contributed by atoms with Crippen molar-refractivity contribution in [1.29, 1.82) is 0 Å².